The maximum Gasteiger partial charge on any atom is 0.148 e. The van der Waals surface area contributed by atoms with Gasteiger partial charge < -0.3 is 5.11 Å². The first kappa shape index (κ1) is 40.5. The fourth-order valence-electron chi connectivity index (χ4n) is 8.15. The van der Waals surface area contributed by atoms with Gasteiger partial charge in [-0.3, -0.25) is 9.55 Å². The number of aryl methyl sites for hydroxylation is 3. The van der Waals surface area contributed by atoms with Gasteiger partial charge in [0.05, 0.1) is 22.3 Å². The van der Waals surface area contributed by atoms with Crippen LogP contribution in [0.15, 0.2) is 128 Å². The Kier molecular flexibility index (Phi) is 10.8. The molecule has 62 heavy (non-hydrogen) atoms. The summed E-state index contributed by atoms with van der Waals surface area (Å²) in [6.45, 7) is 21.9. The predicted molar refractivity (Wildman–Crippen MR) is 257 cm³/mol. The molecule has 0 radical (unpaired) electrons. The zero-order valence-corrected chi connectivity index (χ0v) is 40.0. The first-order chi connectivity index (χ1) is 30.0. The normalized spacial score (nSPS) is 13.0. The van der Waals surface area contributed by atoms with Crippen molar-refractivity contribution in [1.29, 1.82) is 0 Å². The van der Waals surface area contributed by atoms with E-state index in [1.807, 2.05) is 43.3 Å². The summed E-state index contributed by atoms with van der Waals surface area (Å²) in [5.41, 5.74) is 16.1. The van der Waals surface area contributed by atoms with Gasteiger partial charge in [-0.1, -0.05) is 164 Å². The summed E-state index contributed by atoms with van der Waals surface area (Å²) >= 11 is 0. The average molecular weight is 999 g/mol. The van der Waals surface area contributed by atoms with Crippen molar-refractivity contribution < 1.29 is 30.3 Å². The third-order valence-corrected chi connectivity index (χ3v) is 11.8. The van der Waals surface area contributed by atoms with Gasteiger partial charge in [0.1, 0.15) is 11.6 Å². The zero-order chi connectivity index (χ0) is 46.1. The molecular weight excluding hydrogens is 938 g/mol. The molecule has 318 valence electrons. The van der Waals surface area contributed by atoms with Crippen LogP contribution in [0, 0.1) is 26.8 Å². The van der Waals surface area contributed by atoms with Crippen molar-refractivity contribution in [2.75, 3.05) is 0 Å². The van der Waals surface area contributed by atoms with E-state index in [0.29, 0.717) is 17.0 Å². The molecule has 2 aromatic heterocycles. The number of pyridine rings is 1. The van der Waals surface area contributed by atoms with Gasteiger partial charge >= 0.3 is 0 Å². The van der Waals surface area contributed by atoms with Crippen LogP contribution in [-0.2, 0) is 37.3 Å². The number of benzene rings is 6. The number of phenolic OH excluding ortho intramolecular Hbond substituents is 1. The standard InChI is InChI=1S/C57H58N3O.Pt/c1-35-16-18-38(19-17-35)40-26-27-58-49(33-40)42-30-41(31-45(32-42)57(10,11)12)47-14-13-15-50-52(47)59-54(48-29-36(2)28-37(3)53(48)61)60(50)51-34-44(56(7,8)9)24-25-46(51)39-20-22-43(23-21-39)55(4,5)6;/h13-29,31-34,61H,1-12H3;/q-1;/i1D3;. The van der Waals surface area contributed by atoms with Crippen molar-refractivity contribution in [2.24, 2.45) is 0 Å². The number of fused-ring (bicyclic) bond motifs is 1. The SMILES string of the molecule is [2H]C([2H])([2H])c1ccc(-c2ccnc(-c3[c-]c(-c4cccc5c4nc(-c4cc(C)cc(C)c4O)n5-c4cc(C(C)(C)C)ccc4-c4ccc(C(C)(C)C)cc4)cc(C(C)(C)C)c3)c2)cc1.[Pt]. The van der Waals surface area contributed by atoms with E-state index < -0.39 is 6.85 Å². The van der Waals surface area contributed by atoms with Crippen LogP contribution in [0.25, 0.3) is 72.7 Å². The quantitative estimate of drug-likeness (QED) is 0.169. The molecule has 0 saturated carbocycles. The van der Waals surface area contributed by atoms with Gasteiger partial charge in [-0.2, -0.15) is 0 Å². The molecule has 2 heterocycles. The van der Waals surface area contributed by atoms with Crippen molar-refractivity contribution in [2.45, 2.75) is 99.3 Å². The summed E-state index contributed by atoms with van der Waals surface area (Å²) in [4.78, 5) is 10.4. The van der Waals surface area contributed by atoms with Gasteiger partial charge in [0.15, 0.2) is 0 Å². The Bertz CT molecular complexity index is 3050. The molecule has 0 amide bonds. The molecule has 8 rings (SSSR count). The molecule has 0 fully saturated rings. The third kappa shape index (κ3) is 8.73. The molecule has 0 aliphatic heterocycles. The monoisotopic (exact) mass is 998 g/mol. The number of phenols is 1. The van der Waals surface area contributed by atoms with Crippen LogP contribution in [-0.4, -0.2) is 19.6 Å². The minimum atomic E-state index is -2.17. The summed E-state index contributed by atoms with van der Waals surface area (Å²) in [5, 5.41) is 11.9. The molecule has 1 N–H and O–H groups in total. The van der Waals surface area contributed by atoms with Crippen LogP contribution >= 0.6 is 0 Å². The van der Waals surface area contributed by atoms with Gasteiger partial charge in [-0.25, -0.2) is 4.98 Å². The zero-order valence-electron chi connectivity index (χ0n) is 40.7. The number of nitrogens with zero attached hydrogens (tertiary/aromatic N) is 3. The van der Waals surface area contributed by atoms with Crippen molar-refractivity contribution in [1.82, 2.24) is 14.5 Å². The largest absolute Gasteiger partial charge is 0.507 e. The number of hydrogen-bond donors (Lipinski definition) is 1. The Hall–Kier alpha value is -5.57. The topological polar surface area (TPSA) is 50.9 Å². The van der Waals surface area contributed by atoms with E-state index in [0.717, 1.165) is 78.0 Å². The predicted octanol–water partition coefficient (Wildman–Crippen LogP) is 15.1. The Morgan fingerprint density at radius 3 is 1.89 bits per heavy atom. The van der Waals surface area contributed by atoms with E-state index in [4.69, 9.17) is 14.1 Å². The van der Waals surface area contributed by atoms with Crippen LogP contribution in [0.5, 0.6) is 5.75 Å². The van der Waals surface area contributed by atoms with Gasteiger partial charge in [0.25, 0.3) is 0 Å². The summed E-state index contributed by atoms with van der Waals surface area (Å²) in [5.74, 6) is 0.853. The first-order valence-electron chi connectivity index (χ1n) is 22.7. The van der Waals surface area contributed by atoms with Gasteiger partial charge in [-0.05, 0) is 100 Å². The van der Waals surface area contributed by atoms with Crippen LogP contribution in [0.2, 0.25) is 0 Å². The fourth-order valence-corrected chi connectivity index (χ4v) is 8.15. The molecule has 0 unspecified atom stereocenters. The number of para-hydroxylation sites is 1. The summed E-state index contributed by atoms with van der Waals surface area (Å²) in [6.07, 6.45) is 1.80. The third-order valence-electron chi connectivity index (χ3n) is 11.8. The van der Waals surface area contributed by atoms with Crippen molar-refractivity contribution >= 4 is 11.0 Å². The van der Waals surface area contributed by atoms with E-state index in [1.165, 1.54) is 11.1 Å². The maximum atomic E-state index is 11.9. The molecule has 0 bridgehead atoms. The molecule has 4 nitrogen and oxygen atoms in total. The van der Waals surface area contributed by atoms with Crippen LogP contribution < -0.4 is 0 Å². The number of aromatic nitrogens is 3. The van der Waals surface area contributed by atoms with E-state index in [9.17, 15) is 5.11 Å². The summed E-state index contributed by atoms with van der Waals surface area (Å²) in [6, 6.07) is 45.2. The Morgan fingerprint density at radius 1 is 0.581 bits per heavy atom. The van der Waals surface area contributed by atoms with Crippen LogP contribution in [0.1, 0.15) is 99.8 Å². The fraction of sp³-hybridized carbons (Fsp3) is 0.263. The number of hydrogen-bond acceptors (Lipinski definition) is 3. The van der Waals surface area contributed by atoms with Crippen molar-refractivity contribution in [3.63, 3.8) is 0 Å². The van der Waals surface area contributed by atoms with Crippen LogP contribution in [0.3, 0.4) is 0 Å². The molecule has 6 aromatic carbocycles. The molecule has 0 aliphatic carbocycles. The molecule has 0 spiro atoms. The summed E-state index contributed by atoms with van der Waals surface area (Å²) in [7, 11) is 0. The second-order valence-electron chi connectivity index (χ2n) is 19.7. The maximum absolute atomic E-state index is 11.9. The van der Waals surface area contributed by atoms with Gasteiger partial charge in [0, 0.05) is 42.6 Å². The first-order valence-corrected chi connectivity index (χ1v) is 21.2. The van der Waals surface area contributed by atoms with E-state index in [2.05, 4.69) is 153 Å². The van der Waals surface area contributed by atoms with Crippen molar-refractivity contribution in [3.05, 3.63) is 167 Å². The van der Waals surface area contributed by atoms with E-state index in [-0.39, 0.29) is 43.1 Å². The second kappa shape index (κ2) is 16.6. The number of rotatable bonds is 6. The number of imidazole rings is 1. The Morgan fingerprint density at radius 2 is 1.23 bits per heavy atom. The second-order valence-corrected chi connectivity index (χ2v) is 19.7. The number of aromatic hydroxyl groups is 1. The molecule has 0 saturated heterocycles. The van der Waals surface area contributed by atoms with Crippen LogP contribution in [0.4, 0.5) is 0 Å². The minimum absolute atomic E-state index is 0. The van der Waals surface area contributed by atoms with E-state index in [1.54, 1.807) is 18.3 Å². The van der Waals surface area contributed by atoms with Crippen molar-refractivity contribution in [3.8, 4) is 67.5 Å². The Labute approximate surface area is 387 Å². The smallest absolute Gasteiger partial charge is 0.148 e. The average Bonchev–Trinajstić information content (AvgIpc) is 3.63. The molecule has 0 aliphatic rings. The molecule has 5 heteroatoms. The minimum Gasteiger partial charge on any atom is -0.507 e. The van der Waals surface area contributed by atoms with E-state index >= 15 is 0 Å². The Balaban J connectivity index is 0.00000630. The summed E-state index contributed by atoms with van der Waals surface area (Å²) < 4.78 is 25.7. The molecular formula is C57H58N3OPt-. The van der Waals surface area contributed by atoms with Gasteiger partial charge in [0.2, 0.25) is 0 Å². The molecule has 8 aromatic rings. The van der Waals surface area contributed by atoms with Gasteiger partial charge in [-0.15, -0.1) is 29.3 Å². The molecule has 0 atom stereocenters.